The lowest BCUT2D eigenvalue weighted by Crippen LogP contribution is -2.27. The maximum Gasteiger partial charge on any atom is 0.311 e. The van der Waals surface area contributed by atoms with E-state index in [1.165, 1.54) is 17.1 Å². The molecule has 11 heteroatoms. The fraction of sp³-hybridized carbons (Fsp3) is 0.367. The first-order chi connectivity index (χ1) is 19.3. The molecule has 9 nitrogen and oxygen atoms in total. The number of fused-ring (bicyclic) bond motifs is 1. The van der Waals surface area contributed by atoms with Gasteiger partial charge in [-0.15, -0.1) is 10.2 Å². The van der Waals surface area contributed by atoms with Crippen molar-refractivity contribution >= 4 is 5.97 Å². The third kappa shape index (κ3) is 5.81. The largest absolute Gasteiger partial charge is 0.481 e. The maximum absolute atomic E-state index is 15.1. The Morgan fingerprint density at radius 3 is 2.49 bits per heavy atom. The van der Waals surface area contributed by atoms with Gasteiger partial charge in [0.15, 0.2) is 0 Å². The molecule has 0 bridgehead atoms. The smallest absolute Gasteiger partial charge is 0.311 e. The number of carboxylic acids is 1. The van der Waals surface area contributed by atoms with Crippen LogP contribution in [0.4, 0.5) is 8.78 Å². The van der Waals surface area contributed by atoms with Crippen molar-refractivity contribution in [3.63, 3.8) is 0 Å². The molecule has 0 radical (unpaired) electrons. The van der Waals surface area contributed by atoms with Crippen molar-refractivity contribution in [1.82, 2.24) is 25.2 Å². The minimum absolute atomic E-state index is 0.0649. The maximum atomic E-state index is 15.1. The number of benzene rings is 2. The Kier molecular flexibility index (Phi) is 7.33. The van der Waals surface area contributed by atoms with Gasteiger partial charge in [-0.3, -0.25) is 4.79 Å². The quantitative estimate of drug-likeness (QED) is 0.307. The molecule has 5 rings (SSSR count). The topological polar surface area (TPSA) is 123 Å². The fourth-order valence-electron chi connectivity index (χ4n) is 5.51. The molecule has 0 fully saturated rings. The molecule has 0 aliphatic heterocycles. The van der Waals surface area contributed by atoms with Crippen LogP contribution in [-0.2, 0) is 24.4 Å². The van der Waals surface area contributed by atoms with Gasteiger partial charge >= 0.3 is 5.97 Å². The summed E-state index contributed by atoms with van der Waals surface area (Å²) in [6, 6.07) is 7.60. The number of carboxylic acid groups (broad SMARTS) is 1. The van der Waals surface area contributed by atoms with Crippen molar-refractivity contribution in [2.45, 2.75) is 65.7 Å². The van der Waals surface area contributed by atoms with Gasteiger partial charge in [-0.25, -0.2) is 13.8 Å². The molecule has 2 aromatic heterocycles. The van der Waals surface area contributed by atoms with Gasteiger partial charge in [-0.05, 0) is 91.3 Å². The molecule has 2 N–H and O–H groups in total. The summed E-state index contributed by atoms with van der Waals surface area (Å²) in [4.78, 5) is 17.2. The average molecular weight is 564 g/mol. The van der Waals surface area contributed by atoms with Crippen LogP contribution in [0.25, 0.3) is 22.5 Å². The van der Waals surface area contributed by atoms with Crippen molar-refractivity contribution < 1.29 is 28.5 Å². The van der Waals surface area contributed by atoms with Crippen LogP contribution < -0.4 is 4.74 Å². The second kappa shape index (κ2) is 10.6. The second-order valence-corrected chi connectivity index (χ2v) is 11.4. The standard InChI is InChI=1S/C30H31F2N5O4/c1-15-7-19(28-34-36-37(35-28)14-30(4,5)40)8-16(2)26(15)21-9-20(23(31)11-24(21)32)13-41-25-10-18-6-17(3)27(29(38)39)22(18)12-33-25/h7-12,17,27,40H,6,13-14H2,1-5H3,(H,38,39)/t17?,27-/m0/s1. The molecule has 214 valence electrons. The molecule has 2 heterocycles. The zero-order valence-corrected chi connectivity index (χ0v) is 23.4. The molecule has 1 aliphatic rings. The number of nitrogens with zero attached hydrogens (tertiary/aromatic N) is 5. The van der Waals surface area contributed by atoms with Crippen LogP contribution in [0.3, 0.4) is 0 Å². The molecule has 0 amide bonds. The Hall–Kier alpha value is -4.25. The lowest BCUT2D eigenvalue weighted by molar-refractivity contribution is -0.139. The molecule has 2 atom stereocenters. The van der Waals surface area contributed by atoms with Crippen molar-refractivity contribution in [3.8, 4) is 28.4 Å². The van der Waals surface area contributed by atoms with E-state index in [4.69, 9.17) is 4.74 Å². The van der Waals surface area contributed by atoms with Crippen LogP contribution in [0.15, 0.2) is 36.5 Å². The van der Waals surface area contributed by atoms with Crippen LogP contribution in [0, 0.1) is 31.4 Å². The highest BCUT2D eigenvalue weighted by Crippen LogP contribution is 2.39. The molecule has 1 unspecified atom stereocenters. The van der Waals surface area contributed by atoms with E-state index in [0.29, 0.717) is 28.9 Å². The third-order valence-corrected chi connectivity index (χ3v) is 7.26. The van der Waals surface area contributed by atoms with Gasteiger partial charge in [0.05, 0.1) is 18.1 Å². The van der Waals surface area contributed by atoms with Crippen molar-refractivity contribution in [1.29, 1.82) is 0 Å². The number of halogens is 2. The molecule has 1 aliphatic carbocycles. The highest BCUT2D eigenvalue weighted by molar-refractivity contribution is 5.78. The number of carbonyl (C=O) groups is 1. The number of pyridine rings is 1. The number of hydrogen-bond acceptors (Lipinski definition) is 7. The summed E-state index contributed by atoms with van der Waals surface area (Å²) in [5.74, 6) is -2.41. The number of hydrogen-bond donors (Lipinski definition) is 2. The number of aliphatic carboxylic acids is 1. The van der Waals surface area contributed by atoms with Gasteiger partial charge in [0.25, 0.3) is 0 Å². The molecule has 0 saturated heterocycles. The van der Waals surface area contributed by atoms with E-state index in [9.17, 15) is 19.4 Å². The summed E-state index contributed by atoms with van der Waals surface area (Å²) in [5.41, 5.74) is 3.64. The van der Waals surface area contributed by atoms with Crippen molar-refractivity contribution in [3.05, 3.63) is 76.0 Å². The molecule has 41 heavy (non-hydrogen) atoms. The third-order valence-electron chi connectivity index (χ3n) is 7.26. The van der Waals surface area contributed by atoms with Gasteiger partial charge < -0.3 is 14.9 Å². The van der Waals surface area contributed by atoms with Crippen molar-refractivity contribution in [2.24, 2.45) is 5.92 Å². The van der Waals surface area contributed by atoms with Crippen molar-refractivity contribution in [2.75, 3.05) is 0 Å². The molecule has 2 aromatic carbocycles. The van der Waals surface area contributed by atoms with Gasteiger partial charge in [-0.2, -0.15) is 4.80 Å². The lowest BCUT2D eigenvalue weighted by Gasteiger charge is -2.15. The molecule has 0 spiro atoms. The minimum Gasteiger partial charge on any atom is -0.481 e. The highest BCUT2D eigenvalue weighted by atomic mass is 19.1. The number of tetrazole rings is 1. The zero-order chi connectivity index (χ0) is 29.6. The average Bonchev–Trinajstić information content (AvgIpc) is 3.45. The monoisotopic (exact) mass is 563 g/mol. The molecule has 0 saturated carbocycles. The number of aryl methyl sites for hydroxylation is 2. The lowest BCUT2D eigenvalue weighted by atomic mass is 9.92. The number of ether oxygens (including phenoxy) is 1. The zero-order valence-electron chi connectivity index (χ0n) is 23.4. The Balaban J connectivity index is 1.40. The van der Waals surface area contributed by atoms with E-state index in [-0.39, 0.29) is 36.1 Å². The van der Waals surface area contributed by atoms with Crippen LogP contribution in [0.1, 0.15) is 54.5 Å². The Morgan fingerprint density at radius 2 is 1.83 bits per heavy atom. The SMILES string of the molecule is Cc1cc(-c2nnn(CC(C)(C)O)n2)cc(C)c1-c1cc(COc2cc3c(cn2)[C@@H](C(=O)O)C(C)C3)c(F)cc1F. The van der Waals surface area contributed by atoms with E-state index < -0.39 is 29.1 Å². The Labute approximate surface area is 235 Å². The minimum atomic E-state index is -1.01. The van der Waals surface area contributed by atoms with E-state index in [0.717, 1.165) is 22.8 Å². The number of rotatable bonds is 8. The summed E-state index contributed by atoms with van der Waals surface area (Å²) in [6.07, 6.45) is 2.09. The second-order valence-electron chi connectivity index (χ2n) is 11.4. The predicted molar refractivity (Wildman–Crippen MR) is 146 cm³/mol. The van der Waals surface area contributed by atoms with Crippen LogP contribution in [0.5, 0.6) is 5.88 Å². The van der Waals surface area contributed by atoms with Gasteiger partial charge in [-0.1, -0.05) is 6.92 Å². The Morgan fingerprint density at radius 1 is 1.12 bits per heavy atom. The first kappa shape index (κ1) is 28.3. The molecular weight excluding hydrogens is 532 g/mol. The van der Waals surface area contributed by atoms with Crippen LogP contribution in [0.2, 0.25) is 0 Å². The predicted octanol–water partition coefficient (Wildman–Crippen LogP) is 5.01. The van der Waals surface area contributed by atoms with Gasteiger partial charge in [0.2, 0.25) is 11.7 Å². The summed E-state index contributed by atoms with van der Waals surface area (Å²) in [6.45, 7) is 8.81. The summed E-state index contributed by atoms with van der Waals surface area (Å²) >= 11 is 0. The summed E-state index contributed by atoms with van der Waals surface area (Å²) in [5, 5.41) is 32.0. The highest BCUT2D eigenvalue weighted by Gasteiger charge is 2.35. The van der Waals surface area contributed by atoms with E-state index in [1.54, 1.807) is 19.9 Å². The number of aromatic nitrogens is 5. The first-order valence-electron chi connectivity index (χ1n) is 13.2. The Bertz CT molecular complexity index is 1620. The molecule has 4 aromatic rings. The van der Waals surface area contributed by atoms with Crippen LogP contribution in [-0.4, -0.2) is 47.0 Å². The molecular formula is C30H31F2N5O4. The van der Waals surface area contributed by atoms with E-state index in [2.05, 4.69) is 20.4 Å². The van der Waals surface area contributed by atoms with Gasteiger partial charge in [0, 0.05) is 35.0 Å². The van der Waals surface area contributed by atoms with Gasteiger partial charge in [0.1, 0.15) is 18.2 Å². The van der Waals surface area contributed by atoms with E-state index in [1.807, 2.05) is 32.9 Å². The van der Waals surface area contributed by atoms with E-state index >= 15 is 4.39 Å². The fourth-order valence-corrected chi connectivity index (χ4v) is 5.51. The first-order valence-corrected chi connectivity index (χ1v) is 13.2. The summed E-state index contributed by atoms with van der Waals surface area (Å²) in [7, 11) is 0. The normalized spacial score (nSPS) is 16.6. The van der Waals surface area contributed by atoms with Crippen LogP contribution >= 0.6 is 0 Å². The summed E-state index contributed by atoms with van der Waals surface area (Å²) < 4.78 is 35.7. The number of aliphatic hydroxyl groups is 1.